The van der Waals surface area contributed by atoms with E-state index in [1.54, 1.807) is 0 Å². The van der Waals surface area contributed by atoms with E-state index < -0.39 is 0 Å². The van der Waals surface area contributed by atoms with Crippen molar-refractivity contribution in [3.63, 3.8) is 0 Å². The van der Waals surface area contributed by atoms with Crippen LogP contribution in [-0.2, 0) is 18.4 Å². The maximum atomic E-state index is 12.7. The minimum atomic E-state index is -0.237. The van der Waals surface area contributed by atoms with Crippen molar-refractivity contribution in [3.8, 4) is 0 Å². The molecule has 5 nitrogen and oxygen atoms in total. The quantitative estimate of drug-likeness (QED) is 0.938. The fourth-order valence-electron chi connectivity index (χ4n) is 4.28. The van der Waals surface area contributed by atoms with Crippen LogP contribution in [0.3, 0.4) is 0 Å². The highest BCUT2D eigenvalue weighted by Gasteiger charge is 2.51. The first kappa shape index (κ1) is 15.4. The molecule has 1 N–H and O–H groups in total. The predicted octanol–water partition coefficient (Wildman–Crippen LogP) is 1.92. The highest BCUT2D eigenvalue weighted by molar-refractivity contribution is 5.86. The number of rotatable bonds is 3. The third-order valence-electron chi connectivity index (χ3n) is 5.82. The second-order valence-corrected chi connectivity index (χ2v) is 7.06. The van der Waals surface area contributed by atoms with Gasteiger partial charge in [-0.3, -0.25) is 9.69 Å². The first-order valence-corrected chi connectivity index (χ1v) is 8.71. The molecule has 3 heterocycles. The molecule has 1 aromatic carbocycles. The van der Waals surface area contributed by atoms with Crippen molar-refractivity contribution in [1.82, 2.24) is 19.8 Å². The number of benzene rings is 1. The molecule has 0 aliphatic carbocycles. The molecule has 5 heteroatoms. The molecule has 1 amide bonds. The maximum absolute atomic E-state index is 12.7. The number of hydrogen-bond donors (Lipinski definition) is 1. The number of carbonyl (C=O) groups excluding carboxylic acids is 1. The first-order valence-electron chi connectivity index (χ1n) is 8.71. The van der Waals surface area contributed by atoms with Gasteiger partial charge in [0.15, 0.2) is 0 Å². The van der Waals surface area contributed by atoms with Gasteiger partial charge in [-0.25, -0.2) is 4.98 Å². The van der Waals surface area contributed by atoms with Crippen LogP contribution in [0.5, 0.6) is 0 Å². The molecule has 2 saturated heterocycles. The summed E-state index contributed by atoms with van der Waals surface area (Å²) in [7, 11) is 2.03. The van der Waals surface area contributed by atoms with E-state index in [-0.39, 0.29) is 11.3 Å². The van der Waals surface area contributed by atoms with Gasteiger partial charge in [-0.05, 0) is 31.5 Å². The highest BCUT2D eigenvalue weighted by atomic mass is 16.2. The van der Waals surface area contributed by atoms with Crippen LogP contribution in [0.25, 0.3) is 0 Å². The van der Waals surface area contributed by atoms with Crippen molar-refractivity contribution in [2.45, 2.75) is 25.3 Å². The molecule has 2 aliphatic rings. The molecular formula is C19H24N4O. The van der Waals surface area contributed by atoms with Crippen LogP contribution in [0, 0.1) is 5.41 Å². The lowest BCUT2D eigenvalue weighted by Gasteiger charge is -2.40. The van der Waals surface area contributed by atoms with E-state index in [1.807, 2.05) is 25.5 Å². The standard InChI is InChI=1S/C19H24N4O/c1-22-12-9-20-17(22)14-23-10-7-19(8-11-23)16(13-21-18(19)24)15-5-3-2-4-6-15/h2-6,9,12,16H,7-8,10-11,13-14H2,1H3,(H,21,24). The monoisotopic (exact) mass is 324 g/mol. The Labute approximate surface area is 142 Å². The number of aromatic nitrogens is 2. The number of nitrogens with zero attached hydrogens (tertiary/aromatic N) is 3. The Morgan fingerprint density at radius 3 is 2.67 bits per heavy atom. The predicted molar refractivity (Wildman–Crippen MR) is 92.3 cm³/mol. The van der Waals surface area contributed by atoms with E-state index in [9.17, 15) is 4.79 Å². The van der Waals surface area contributed by atoms with Crippen LogP contribution in [0.4, 0.5) is 0 Å². The van der Waals surface area contributed by atoms with E-state index in [1.165, 1.54) is 5.56 Å². The average molecular weight is 324 g/mol. The van der Waals surface area contributed by atoms with Gasteiger partial charge in [0, 0.05) is 31.9 Å². The SMILES string of the molecule is Cn1ccnc1CN1CCC2(CC1)C(=O)NCC2c1ccccc1. The summed E-state index contributed by atoms with van der Waals surface area (Å²) in [6.07, 6.45) is 5.67. The minimum Gasteiger partial charge on any atom is -0.355 e. The molecule has 1 unspecified atom stereocenters. The Morgan fingerprint density at radius 2 is 2.00 bits per heavy atom. The second kappa shape index (κ2) is 6.06. The molecule has 0 bridgehead atoms. The van der Waals surface area contributed by atoms with Gasteiger partial charge < -0.3 is 9.88 Å². The van der Waals surface area contributed by atoms with Crippen LogP contribution in [0.15, 0.2) is 42.7 Å². The number of aryl methyl sites for hydroxylation is 1. The van der Waals surface area contributed by atoms with Crippen LogP contribution in [0.1, 0.15) is 30.1 Å². The van der Waals surface area contributed by atoms with Crippen molar-refractivity contribution in [3.05, 3.63) is 54.1 Å². The Kier molecular flexibility index (Phi) is 3.88. The Bertz CT molecular complexity index is 716. The highest BCUT2D eigenvalue weighted by Crippen LogP contribution is 2.47. The van der Waals surface area contributed by atoms with Crippen molar-refractivity contribution < 1.29 is 4.79 Å². The summed E-state index contributed by atoms with van der Waals surface area (Å²) in [5, 5.41) is 3.12. The van der Waals surface area contributed by atoms with Gasteiger partial charge in [0.25, 0.3) is 0 Å². The molecular weight excluding hydrogens is 300 g/mol. The van der Waals surface area contributed by atoms with E-state index in [0.29, 0.717) is 5.92 Å². The minimum absolute atomic E-state index is 0.237. The molecule has 4 rings (SSSR count). The lowest BCUT2D eigenvalue weighted by Crippen LogP contribution is -2.45. The van der Waals surface area contributed by atoms with Gasteiger partial charge in [0.2, 0.25) is 5.91 Å². The zero-order chi connectivity index (χ0) is 16.6. The van der Waals surface area contributed by atoms with Gasteiger partial charge >= 0.3 is 0 Å². The first-order chi connectivity index (χ1) is 11.7. The summed E-state index contributed by atoms with van der Waals surface area (Å²) in [4.78, 5) is 19.5. The second-order valence-electron chi connectivity index (χ2n) is 7.06. The molecule has 2 aliphatic heterocycles. The number of nitrogens with one attached hydrogen (secondary N) is 1. The Morgan fingerprint density at radius 1 is 1.25 bits per heavy atom. The summed E-state index contributed by atoms with van der Waals surface area (Å²) >= 11 is 0. The molecule has 2 fully saturated rings. The van der Waals surface area contributed by atoms with Crippen molar-refractivity contribution in [2.24, 2.45) is 12.5 Å². The van der Waals surface area contributed by atoms with Crippen LogP contribution < -0.4 is 5.32 Å². The number of hydrogen-bond acceptors (Lipinski definition) is 3. The van der Waals surface area contributed by atoms with Crippen molar-refractivity contribution in [1.29, 1.82) is 0 Å². The smallest absolute Gasteiger partial charge is 0.227 e. The van der Waals surface area contributed by atoms with E-state index in [2.05, 4.69) is 44.0 Å². The lowest BCUT2D eigenvalue weighted by molar-refractivity contribution is -0.130. The van der Waals surface area contributed by atoms with Gasteiger partial charge in [0.05, 0.1) is 12.0 Å². The number of carbonyl (C=O) groups is 1. The van der Waals surface area contributed by atoms with Gasteiger partial charge in [-0.1, -0.05) is 30.3 Å². The molecule has 1 atom stereocenters. The molecule has 1 aromatic heterocycles. The van der Waals surface area contributed by atoms with Crippen molar-refractivity contribution >= 4 is 5.91 Å². The summed E-state index contributed by atoms with van der Waals surface area (Å²) in [6, 6.07) is 10.5. The van der Waals surface area contributed by atoms with Gasteiger partial charge in [-0.2, -0.15) is 0 Å². The Balaban J connectivity index is 1.50. The average Bonchev–Trinajstić information content (AvgIpc) is 3.15. The number of piperidine rings is 1. The fraction of sp³-hybridized carbons (Fsp3) is 0.474. The van der Waals surface area contributed by atoms with Gasteiger partial charge in [-0.15, -0.1) is 0 Å². The molecule has 0 saturated carbocycles. The van der Waals surface area contributed by atoms with E-state index in [0.717, 1.165) is 44.8 Å². The van der Waals surface area contributed by atoms with Crippen molar-refractivity contribution in [2.75, 3.05) is 19.6 Å². The van der Waals surface area contributed by atoms with Crippen LogP contribution in [0.2, 0.25) is 0 Å². The number of likely N-dealkylation sites (tertiary alicyclic amines) is 1. The Hall–Kier alpha value is -2.14. The molecule has 126 valence electrons. The van der Waals surface area contributed by atoms with E-state index in [4.69, 9.17) is 0 Å². The summed E-state index contributed by atoms with van der Waals surface area (Å²) in [6.45, 7) is 3.52. The van der Waals surface area contributed by atoms with Crippen LogP contribution >= 0.6 is 0 Å². The van der Waals surface area contributed by atoms with Crippen LogP contribution in [-0.4, -0.2) is 40.0 Å². The summed E-state index contributed by atoms with van der Waals surface area (Å²) in [5.41, 5.74) is 1.05. The zero-order valence-corrected chi connectivity index (χ0v) is 14.1. The largest absolute Gasteiger partial charge is 0.355 e. The third kappa shape index (κ3) is 2.53. The molecule has 24 heavy (non-hydrogen) atoms. The zero-order valence-electron chi connectivity index (χ0n) is 14.1. The summed E-state index contributed by atoms with van der Waals surface area (Å²) < 4.78 is 2.07. The summed E-state index contributed by atoms with van der Waals surface area (Å²) in [5.74, 6) is 1.62. The lowest BCUT2D eigenvalue weighted by atomic mass is 9.68. The molecule has 0 radical (unpaired) electrons. The fourth-order valence-corrected chi connectivity index (χ4v) is 4.28. The number of amides is 1. The topological polar surface area (TPSA) is 50.2 Å². The van der Waals surface area contributed by atoms with Gasteiger partial charge in [0.1, 0.15) is 5.82 Å². The number of imidazole rings is 1. The molecule has 1 spiro atoms. The van der Waals surface area contributed by atoms with E-state index >= 15 is 0 Å². The third-order valence-corrected chi connectivity index (χ3v) is 5.82. The maximum Gasteiger partial charge on any atom is 0.227 e. The normalized spacial score (nSPS) is 23.5. The molecule has 2 aromatic rings.